The van der Waals surface area contributed by atoms with Crippen LogP contribution < -0.4 is 4.72 Å². The minimum atomic E-state index is -3.31. The van der Waals surface area contributed by atoms with Crippen molar-refractivity contribution in [3.8, 4) is 0 Å². The predicted molar refractivity (Wildman–Crippen MR) is 94.2 cm³/mol. The lowest BCUT2D eigenvalue weighted by Gasteiger charge is -2.28. The minimum Gasteiger partial charge on any atom is -0.361 e. The Labute approximate surface area is 138 Å². The van der Waals surface area contributed by atoms with E-state index in [1.165, 1.54) is 12.6 Å². The first-order valence-corrected chi connectivity index (χ1v) is 9.69. The molecule has 0 aliphatic carbocycles. The Morgan fingerprint density at radius 1 is 1.30 bits per heavy atom. The van der Waals surface area contributed by atoms with Crippen molar-refractivity contribution in [2.75, 3.05) is 27.2 Å². The van der Waals surface area contributed by atoms with Crippen LogP contribution in [0.5, 0.6) is 0 Å². The molecule has 1 saturated heterocycles. The smallest absolute Gasteiger partial charge is 0.218 e. The second-order valence-corrected chi connectivity index (χ2v) is 8.72. The molecular formula is C17H25N3O2S. The van der Waals surface area contributed by atoms with E-state index in [0.29, 0.717) is 5.92 Å². The van der Waals surface area contributed by atoms with Gasteiger partial charge in [0, 0.05) is 17.1 Å². The minimum absolute atomic E-state index is 0.548. The fourth-order valence-electron chi connectivity index (χ4n) is 3.43. The molecule has 0 bridgehead atoms. The number of fused-ring (bicyclic) bond motifs is 1. The Hall–Kier alpha value is -1.37. The maximum absolute atomic E-state index is 12.1. The normalized spacial score (nSPS) is 19.3. The highest BCUT2D eigenvalue weighted by Crippen LogP contribution is 2.34. The van der Waals surface area contributed by atoms with E-state index in [0.717, 1.165) is 42.4 Å². The van der Waals surface area contributed by atoms with E-state index in [1.807, 2.05) is 18.2 Å². The summed E-state index contributed by atoms with van der Waals surface area (Å²) < 4.78 is 26.6. The van der Waals surface area contributed by atoms with Crippen molar-refractivity contribution >= 4 is 20.9 Å². The summed E-state index contributed by atoms with van der Waals surface area (Å²) in [6.45, 7) is 3.96. The molecule has 0 radical (unpaired) electrons. The van der Waals surface area contributed by atoms with E-state index in [9.17, 15) is 8.42 Å². The standard InChI is InChI=1S/C17H25N3O2S/c1-12(23(21,22)18-2)14-4-5-17-15(10-14)16(11-19-17)13-6-8-20(3)9-7-13/h4-5,10-13,18-19H,6-9H2,1-3H3. The van der Waals surface area contributed by atoms with Crippen molar-refractivity contribution in [1.29, 1.82) is 0 Å². The number of aromatic amines is 1. The highest BCUT2D eigenvalue weighted by Gasteiger charge is 2.24. The highest BCUT2D eigenvalue weighted by atomic mass is 32.2. The van der Waals surface area contributed by atoms with Crippen molar-refractivity contribution in [2.45, 2.75) is 30.9 Å². The third-order valence-electron chi connectivity index (χ3n) is 5.12. The highest BCUT2D eigenvalue weighted by molar-refractivity contribution is 7.89. The van der Waals surface area contributed by atoms with Gasteiger partial charge in [-0.3, -0.25) is 0 Å². The largest absolute Gasteiger partial charge is 0.361 e. The summed E-state index contributed by atoms with van der Waals surface area (Å²) in [6.07, 6.45) is 4.40. The number of aromatic nitrogens is 1. The Kier molecular flexibility index (Phi) is 4.49. The van der Waals surface area contributed by atoms with Crippen molar-refractivity contribution < 1.29 is 8.42 Å². The molecule has 1 aliphatic heterocycles. The van der Waals surface area contributed by atoms with Crippen LogP contribution in [0.3, 0.4) is 0 Å². The van der Waals surface area contributed by atoms with Gasteiger partial charge in [0.1, 0.15) is 0 Å². The summed E-state index contributed by atoms with van der Waals surface area (Å²) >= 11 is 0. The van der Waals surface area contributed by atoms with E-state index >= 15 is 0 Å². The Balaban J connectivity index is 1.97. The number of H-pyrrole nitrogens is 1. The third-order valence-corrected chi connectivity index (χ3v) is 6.89. The molecule has 2 heterocycles. The van der Waals surface area contributed by atoms with Crippen LogP contribution in [-0.4, -0.2) is 45.5 Å². The lowest BCUT2D eigenvalue weighted by atomic mass is 9.89. The molecule has 0 saturated carbocycles. The van der Waals surface area contributed by atoms with Gasteiger partial charge in [-0.15, -0.1) is 0 Å². The van der Waals surface area contributed by atoms with Crippen LogP contribution in [0.25, 0.3) is 10.9 Å². The van der Waals surface area contributed by atoms with Crippen molar-refractivity contribution in [2.24, 2.45) is 0 Å². The maximum Gasteiger partial charge on any atom is 0.218 e. The first-order chi connectivity index (χ1) is 10.9. The van der Waals surface area contributed by atoms with Crippen LogP contribution in [0.4, 0.5) is 0 Å². The van der Waals surface area contributed by atoms with Gasteiger partial charge < -0.3 is 9.88 Å². The predicted octanol–water partition coefficient (Wildman–Crippen LogP) is 2.59. The number of likely N-dealkylation sites (tertiary alicyclic amines) is 1. The Bertz CT molecular complexity index is 789. The number of sulfonamides is 1. The quantitative estimate of drug-likeness (QED) is 0.902. The van der Waals surface area contributed by atoms with E-state index < -0.39 is 15.3 Å². The number of piperidine rings is 1. The van der Waals surface area contributed by atoms with Gasteiger partial charge in [-0.05, 0) is 76.1 Å². The zero-order valence-electron chi connectivity index (χ0n) is 14.0. The van der Waals surface area contributed by atoms with E-state index in [-0.39, 0.29) is 0 Å². The number of hydrogen-bond acceptors (Lipinski definition) is 3. The molecule has 5 nitrogen and oxygen atoms in total. The summed E-state index contributed by atoms with van der Waals surface area (Å²) in [4.78, 5) is 5.70. The van der Waals surface area contributed by atoms with Crippen LogP contribution in [0.15, 0.2) is 24.4 Å². The van der Waals surface area contributed by atoms with E-state index in [4.69, 9.17) is 0 Å². The van der Waals surface area contributed by atoms with Crippen LogP contribution in [-0.2, 0) is 10.0 Å². The van der Waals surface area contributed by atoms with Gasteiger partial charge in [0.05, 0.1) is 5.25 Å². The van der Waals surface area contributed by atoms with Crippen molar-refractivity contribution in [3.63, 3.8) is 0 Å². The average Bonchev–Trinajstić information content (AvgIpc) is 2.98. The molecule has 1 aliphatic rings. The molecular weight excluding hydrogens is 310 g/mol. The van der Waals surface area contributed by atoms with Crippen LogP contribution in [0.2, 0.25) is 0 Å². The molecule has 1 aromatic heterocycles. The molecule has 1 fully saturated rings. The SMILES string of the molecule is CNS(=O)(=O)C(C)c1ccc2[nH]cc(C3CCN(C)CC3)c2c1. The first kappa shape index (κ1) is 16.5. The number of nitrogens with one attached hydrogen (secondary N) is 2. The molecule has 3 rings (SSSR count). The maximum atomic E-state index is 12.1. The molecule has 23 heavy (non-hydrogen) atoms. The van der Waals surface area contributed by atoms with Gasteiger partial charge in [-0.2, -0.15) is 0 Å². The summed E-state index contributed by atoms with van der Waals surface area (Å²) in [5.74, 6) is 0.548. The second kappa shape index (κ2) is 6.26. The van der Waals surface area contributed by atoms with Crippen molar-refractivity contribution in [1.82, 2.24) is 14.6 Å². The summed E-state index contributed by atoms with van der Waals surface area (Å²) in [5, 5.41) is 0.604. The summed E-state index contributed by atoms with van der Waals surface area (Å²) in [6, 6.07) is 5.93. The average molecular weight is 335 g/mol. The van der Waals surface area contributed by atoms with Gasteiger partial charge in [0.15, 0.2) is 0 Å². The van der Waals surface area contributed by atoms with Gasteiger partial charge in [0.2, 0.25) is 10.0 Å². The number of benzene rings is 1. The number of nitrogens with zero attached hydrogens (tertiary/aromatic N) is 1. The second-order valence-electron chi connectivity index (χ2n) is 6.52. The van der Waals surface area contributed by atoms with E-state index in [2.05, 4.69) is 27.9 Å². The lowest BCUT2D eigenvalue weighted by molar-refractivity contribution is 0.256. The van der Waals surface area contributed by atoms with Crippen LogP contribution in [0, 0.1) is 0 Å². The zero-order valence-corrected chi connectivity index (χ0v) is 14.8. The monoisotopic (exact) mass is 335 g/mol. The van der Waals surface area contributed by atoms with E-state index in [1.54, 1.807) is 6.92 Å². The number of hydrogen-bond donors (Lipinski definition) is 2. The molecule has 2 aromatic rings. The fourth-order valence-corrected chi connectivity index (χ4v) is 4.28. The van der Waals surface area contributed by atoms with Gasteiger partial charge in [-0.1, -0.05) is 6.07 Å². The molecule has 6 heteroatoms. The molecule has 1 unspecified atom stereocenters. The summed E-state index contributed by atoms with van der Waals surface area (Å²) in [7, 11) is 0.309. The first-order valence-electron chi connectivity index (χ1n) is 8.14. The Morgan fingerprint density at radius 2 is 2.00 bits per heavy atom. The number of rotatable bonds is 4. The molecule has 0 spiro atoms. The van der Waals surface area contributed by atoms with Crippen LogP contribution >= 0.6 is 0 Å². The molecule has 126 valence electrons. The van der Waals surface area contributed by atoms with Gasteiger partial charge >= 0.3 is 0 Å². The Morgan fingerprint density at radius 3 is 2.65 bits per heavy atom. The lowest BCUT2D eigenvalue weighted by Crippen LogP contribution is -2.29. The van der Waals surface area contributed by atoms with Crippen LogP contribution in [0.1, 0.15) is 42.1 Å². The van der Waals surface area contributed by atoms with Crippen molar-refractivity contribution in [3.05, 3.63) is 35.5 Å². The topological polar surface area (TPSA) is 65.2 Å². The molecule has 2 N–H and O–H groups in total. The third kappa shape index (κ3) is 3.16. The summed E-state index contributed by atoms with van der Waals surface area (Å²) in [5.41, 5.74) is 3.24. The van der Waals surface area contributed by atoms with Gasteiger partial charge in [0.25, 0.3) is 0 Å². The molecule has 0 amide bonds. The molecule has 1 atom stereocenters. The zero-order chi connectivity index (χ0) is 16.6. The fraction of sp³-hybridized carbons (Fsp3) is 0.529. The van der Waals surface area contributed by atoms with Gasteiger partial charge in [-0.25, -0.2) is 13.1 Å². The molecule has 1 aromatic carbocycles.